The second kappa shape index (κ2) is 7.52. The number of piperidine rings is 1. The second-order valence-electron chi connectivity index (χ2n) is 7.55. The zero-order valence-electron chi connectivity index (χ0n) is 15.4. The van der Waals surface area contributed by atoms with Crippen LogP contribution < -0.4 is 4.74 Å². The third kappa shape index (κ3) is 3.92. The predicted molar refractivity (Wildman–Crippen MR) is 100 cm³/mol. The Morgan fingerprint density at radius 3 is 2.62 bits per heavy atom. The molecule has 5 nitrogen and oxygen atoms in total. The minimum absolute atomic E-state index is 0.0774. The van der Waals surface area contributed by atoms with Crippen LogP contribution in [0.5, 0.6) is 5.75 Å². The van der Waals surface area contributed by atoms with Crippen LogP contribution in [-0.4, -0.2) is 39.6 Å². The van der Waals surface area contributed by atoms with E-state index < -0.39 is 6.10 Å². The van der Waals surface area contributed by atoms with Crippen LogP contribution in [-0.2, 0) is 11.3 Å². The van der Waals surface area contributed by atoms with Crippen LogP contribution in [0.15, 0.2) is 42.7 Å². The number of carbonyl (C=O) groups is 1. The van der Waals surface area contributed by atoms with Gasteiger partial charge in [0.2, 0.25) is 0 Å². The molecule has 2 aliphatic rings. The van der Waals surface area contributed by atoms with Gasteiger partial charge in [-0.1, -0.05) is 18.2 Å². The molecule has 0 spiro atoms. The van der Waals surface area contributed by atoms with E-state index in [9.17, 15) is 4.79 Å². The Labute approximate surface area is 155 Å². The molecule has 1 unspecified atom stereocenters. The molecule has 2 fully saturated rings. The molecule has 0 bridgehead atoms. The Balaban J connectivity index is 1.31. The Morgan fingerprint density at radius 2 is 1.92 bits per heavy atom. The number of hydrogen-bond donors (Lipinski definition) is 0. The normalized spacial score (nSPS) is 19.3. The summed E-state index contributed by atoms with van der Waals surface area (Å²) in [7, 11) is 0. The molecule has 1 aromatic carbocycles. The molecule has 138 valence electrons. The van der Waals surface area contributed by atoms with Gasteiger partial charge in [0.1, 0.15) is 11.6 Å². The maximum atomic E-state index is 12.7. The van der Waals surface area contributed by atoms with Gasteiger partial charge >= 0.3 is 0 Å². The average molecular weight is 353 g/mol. The van der Waals surface area contributed by atoms with Crippen LogP contribution in [0.3, 0.4) is 0 Å². The third-order valence-corrected chi connectivity index (χ3v) is 5.48. The lowest BCUT2D eigenvalue weighted by atomic mass is 9.95. The number of carbonyl (C=O) groups excluding carboxylic acids is 1. The van der Waals surface area contributed by atoms with Crippen LogP contribution in [0, 0.1) is 5.92 Å². The third-order valence-electron chi connectivity index (χ3n) is 5.48. The zero-order chi connectivity index (χ0) is 17.9. The maximum Gasteiger partial charge on any atom is 0.263 e. The van der Waals surface area contributed by atoms with Crippen molar-refractivity contribution in [2.45, 2.75) is 51.2 Å². The van der Waals surface area contributed by atoms with Crippen molar-refractivity contribution < 1.29 is 9.53 Å². The van der Waals surface area contributed by atoms with E-state index in [1.54, 1.807) is 0 Å². The van der Waals surface area contributed by atoms with Gasteiger partial charge in [0, 0.05) is 37.9 Å². The van der Waals surface area contributed by atoms with Crippen LogP contribution in [0.2, 0.25) is 0 Å². The molecule has 1 aromatic heterocycles. The van der Waals surface area contributed by atoms with Crippen LogP contribution in [0.25, 0.3) is 0 Å². The highest BCUT2D eigenvalue weighted by Gasteiger charge is 2.30. The van der Waals surface area contributed by atoms with Gasteiger partial charge < -0.3 is 14.2 Å². The molecule has 1 atom stereocenters. The van der Waals surface area contributed by atoms with Crippen molar-refractivity contribution in [2.75, 3.05) is 13.1 Å². The fourth-order valence-electron chi connectivity index (χ4n) is 3.78. The summed E-state index contributed by atoms with van der Waals surface area (Å²) in [6.07, 6.45) is 8.24. The highest BCUT2D eigenvalue weighted by molar-refractivity contribution is 5.81. The standard InChI is InChI=1S/C21H27N3O2/c1-16(26-19-5-3-2-4-6-19)21(25)23-12-9-18(10-13-23)20-22-11-14-24(20)15-17-7-8-17/h2-6,11,14,16-18H,7-10,12-13,15H2,1H3. The Hall–Kier alpha value is -2.30. The molecule has 0 radical (unpaired) electrons. The van der Waals surface area contributed by atoms with Gasteiger partial charge in [0.05, 0.1) is 0 Å². The second-order valence-corrected chi connectivity index (χ2v) is 7.55. The van der Waals surface area contributed by atoms with Crippen LogP contribution >= 0.6 is 0 Å². The summed E-state index contributed by atoms with van der Waals surface area (Å²) < 4.78 is 8.12. The van der Waals surface area contributed by atoms with Crippen molar-refractivity contribution in [2.24, 2.45) is 5.92 Å². The number of nitrogens with zero attached hydrogens (tertiary/aromatic N) is 3. The van der Waals surface area contributed by atoms with E-state index in [1.807, 2.05) is 48.4 Å². The van der Waals surface area contributed by atoms with Crippen molar-refractivity contribution in [3.63, 3.8) is 0 Å². The van der Waals surface area contributed by atoms with Crippen molar-refractivity contribution >= 4 is 5.91 Å². The molecular formula is C21H27N3O2. The number of aromatic nitrogens is 2. The lowest BCUT2D eigenvalue weighted by molar-refractivity contribution is -0.139. The molecule has 2 aromatic rings. The van der Waals surface area contributed by atoms with E-state index in [0.717, 1.165) is 44.1 Å². The van der Waals surface area contributed by atoms with Gasteiger partial charge in [0.25, 0.3) is 5.91 Å². The lowest BCUT2D eigenvalue weighted by Gasteiger charge is -2.33. The average Bonchev–Trinajstić information content (AvgIpc) is 3.37. The highest BCUT2D eigenvalue weighted by Crippen LogP contribution is 2.33. The number of benzene rings is 1. The summed E-state index contributed by atoms with van der Waals surface area (Å²) in [6, 6.07) is 9.55. The topological polar surface area (TPSA) is 47.4 Å². The Kier molecular flexibility index (Phi) is 4.96. The summed E-state index contributed by atoms with van der Waals surface area (Å²) in [6.45, 7) is 4.50. The Bertz CT molecular complexity index is 731. The van der Waals surface area contributed by atoms with E-state index in [4.69, 9.17) is 4.74 Å². The van der Waals surface area contributed by atoms with Gasteiger partial charge in [-0.15, -0.1) is 0 Å². The minimum Gasteiger partial charge on any atom is -0.481 e. The lowest BCUT2D eigenvalue weighted by Crippen LogP contribution is -2.44. The molecule has 4 rings (SSSR count). The zero-order valence-corrected chi connectivity index (χ0v) is 15.4. The fourth-order valence-corrected chi connectivity index (χ4v) is 3.78. The fraction of sp³-hybridized carbons (Fsp3) is 0.524. The molecule has 0 N–H and O–H groups in total. The summed E-state index contributed by atoms with van der Waals surface area (Å²) >= 11 is 0. The minimum atomic E-state index is -0.453. The van der Waals surface area contributed by atoms with Crippen molar-refractivity contribution in [3.8, 4) is 5.75 Å². The first-order chi connectivity index (χ1) is 12.7. The van der Waals surface area contributed by atoms with Crippen LogP contribution in [0.4, 0.5) is 0 Å². The van der Waals surface area contributed by atoms with Gasteiger partial charge in [0.15, 0.2) is 6.10 Å². The summed E-state index contributed by atoms with van der Waals surface area (Å²) in [5, 5.41) is 0. The first-order valence-electron chi connectivity index (χ1n) is 9.72. The van der Waals surface area contributed by atoms with Gasteiger partial charge in [-0.05, 0) is 50.7 Å². The first kappa shape index (κ1) is 17.1. The summed E-state index contributed by atoms with van der Waals surface area (Å²) in [5.41, 5.74) is 0. The molecule has 1 saturated carbocycles. The van der Waals surface area contributed by atoms with Crippen LogP contribution in [0.1, 0.15) is 44.3 Å². The number of imidazole rings is 1. The van der Waals surface area contributed by atoms with Gasteiger partial charge in [-0.2, -0.15) is 0 Å². The molecule has 1 aliphatic carbocycles. The van der Waals surface area contributed by atoms with E-state index >= 15 is 0 Å². The van der Waals surface area contributed by atoms with Crippen molar-refractivity contribution in [3.05, 3.63) is 48.5 Å². The number of para-hydroxylation sites is 1. The molecule has 5 heteroatoms. The molecule has 2 heterocycles. The van der Waals surface area contributed by atoms with Crippen molar-refractivity contribution in [1.82, 2.24) is 14.5 Å². The smallest absolute Gasteiger partial charge is 0.263 e. The van der Waals surface area contributed by atoms with Crippen molar-refractivity contribution in [1.29, 1.82) is 0 Å². The number of ether oxygens (including phenoxy) is 1. The molecule has 1 saturated heterocycles. The van der Waals surface area contributed by atoms with E-state index in [1.165, 1.54) is 18.7 Å². The van der Waals surface area contributed by atoms with E-state index in [2.05, 4.69) is 15.7 Å². The van der Waals surface area contributed by atoms with E-state index in [0.29, 0.717) is 5.92 Å². The molecule has 1 aliphatic heterocycles. The van der Waals surface area contributed by atoms with Gasteiger partial charge in [-0.3, -0.25) is 4.79 Å². The maximum absolute atomic E-state index is 12.7. The number of likely N-dealkylation sites (tertiary alicyclic amines) is 1. The number of hydrogen-bond acceptors (Lipinski definition) is 3. The van der Waals surface area contributed by atoms with E-state index in [-0.39, 0.29) is 5.91 Å². The largest absolute Gasteiger partial charge is 0.481 e. The monoisotopic (exact) mass is 353 g/mol. The predicted octanol–water partition coefficient (Wildman–Crippen LogP) is 3.47. The number of rotatable bonds is 6. The molecule has 26 heavy (non-hydrogen) atoms. The number of amides is 1. The SMILES string of the molecule is CC(Oc1ccccc1)C(=O)N1CCC(c2nccn2CC2CC2)CC1. The molecular weight excluding hydrogens is 326 g/mol. The Morgan fingerprint density at radius 1 is 1.19 bits per heavy atom. The highest BCUT2D eigenvalue weighted by atomic mass is 16.5. The first-order valence-corrected chi connectivity index (χ1v) is 9.72. The quantitative estimate of drug-likeness (QED) is 0.799. The summed E-state index contributed by atoms with van der Waals surface area (Å²) in [4.78, 5) is 19.3. The summed E-state index contributed by atoms with van der Waals surface area (Å²) in [5.74, 6) is 3.33. The molecule has 1 amide bonds. The van der Waals surface area contributed by atoms with Gasteiger partial charge in [-0.25, -0.2) is 4.98 Å².